The fourth-order valence-corrected chi connectivity index (χ4v) is 4.72. The minimum Gasteiger partial charge on any atom is -0.364 e. The van der Waals surface area contributed by atoms with E-state index in [4.69, 9.17) is 0 Å². The standard InChI is InChI=1S/C14H18Br2N2/c1-10-8-17-7-3-4-11(17)9-18(10)14-12(15)5-2-6-13(14)16/h2,5-6,10-11H,3-4,7-9H2,1H3. The molecule has 2 aliphatic rings. The number of benzene rings is 1. The quantitative estimate of drug-likeness (QED) is 0.736. The van der Waals surface area contributed by atoms with E-state index in [0.29, 0.717) is 6.04 Å². The lowest BCUT2D eigenvalue weighted by Gasteiger charge is -2.44. The number of para-hydroxylation sites is 1. The molecule has 2 saturated heterocycles. The van der Waals surface area contributed by atoms with Gasteiger partial charge in [0.25, 0.3) is 0 Å². The van der Waals surface area contributed by atoms with Crippen molar-refractivity contribution in [1.29, 1.82) is 0 Å². The molecule has 0 aromatic heterocycles. The largest absolute Gasteiger partial charge is 0.364 e. The van der Waals surface area contributed by atoms with Crippen molar-refractivity contribution in [3.05, 3.63) is 27.1 Å². The lowest BCUT2D eigenvalue weighted by Crippen LogP contribution is -2.55. The molecule has 98 valence electrons. The second-order valence-corrected chi connectivity index (χ2v) is 7.07. The molecule has 0 saturated carbocycles. The van der Waals surface area contributed by atoms with Crippen molar-refractivity contribution in [2.24, 2.45) is 0 Å². The Bertz CT molecular complexity index is 429. The van der Waals surface area contributed by atoms with Gasteiger partial charge < -0.3 is 4.90 Å². The van der Waals surface area contributed by atoms with Gasteiger partial charge in [0.15, 0.2) is 0 Å². The smallest absolute Gasteiger partial charge is 0.0658 e. The van der Waals surface area contributed by atoms with Crippen molar-refractivity contribution in [3.63, 3.8) is 0 Å². The zero-order valence-electron chi connectivity index (χ0n) is 10.6. The van der Waals surface area contributed by atoms with Crippen LogP contribution in [0.2, 0.25) is 0 Å². The predicted molar refractivity (Wildman–Crippen MR) is 83.2 cm³/mol. The van der Waals surface area contributed by atoms with Crippen LogP contribution in [0.25, 0.3) is 0 Å². The summed E-state index contributed by atoms with van der Waals surface area (Å²) in [6, 6.07) is 7.67. The van der Waals surface area contributed by atoms with Crippen LogP contribution in [0.15, 0.2) is 27.1 Å². The van der Waals surface area contributed by atoms with Crippen molar-refractivity contribution in [2.75, 3.05) is 24.5 Å². The molecule has 2 fully saturated rings. The molecular formula is C14H18Br2N2. The van der Waals surface area contributed by atoms with E-state index in [1.165, 1.54) is 40.6 Å². The van der Waals surface area contributed by atoms with E-state index in [0.717, 1.165) is 12.6 Å². The van der Waals surface area contributed by atoms with Gasteiger partial charge in [-0.15, -0.1) is 0 Å². The van der Waals surface area contributed by atoms with Crippen LogP contribution < -0.4 is 4.90 Å². The van der Waals surface area contributed by atoms with Crippen LogP contribution in [0.5, 0.6) is 0 Å². The normalized spacial score (nSPS) is 28.5. The number of hydrogen-bond donors (Lipinski definition) is 0. The van der Waals surface area contributed by atoms with E-state index in [-0.39, 0.29) is 0 Å². The number of rotatable bonds is 1. The second kappa shape index (κ2) is 5.14. The Balaban J connectivity index is 1.91. The van der Waals surface area contributed by atoms with E-state index in [2.05, 4.69) is 66.8 Å². The summed E-state index contributed by atoms with van der Waals surface area (Å²) < 4.78 is 2.38. The molecule has 1 aromatic rings. The highest BCUT2D eigenvalue weighted by Gasteiger charge is 2.35. The molecule has 2 atom stereocenters. The van der Waals surface area contributed by atoms with Gasteiger partial charge in [-0.25, -0.2) is 0 Å². The van der Waals surface area contributed by atoms with Gasteiger partial charge in [-0.2, -0.15) is 0 Å². The summed E-state index contributed by atoms with van der Waals surface area (Å²) in [5.41, 5.74) is 1.32. The van der Waals surface area contributed by atoms with Crippen molar-refractivity contribution in [3.8, 4) is 0 Å². The van der Waals surface area contributed by atoms with Crippen LogP contribution in [0, 0.1) is 0 Å². The first-order valence-corrected chi connectivity index (χ1v) is 8.20. The van der Waals surface area contributed by atoms with E-state index in [1.54, 1.807) is 0 Å². The Morgan fingerprint density at radius 2 is 1.89 bits per heavy atom. The highest BCUT2D eigenvalue weighted by molar-refractivity contribution is 9.11. The Morgan fingerprint density at radius 1 is 1.17 bits per heavy atom. The molecule has 0 aliphatic carbocycles. The van der Waals surface area contributed by atoms with E-state index < -0.39 is 0 Å². The van der Waals surface area contributed by atoms with E-state index >= 15 is 0 Å². The van der Waals surface area contributed by atoms with Crippen molar-refractivity contribution in [1.82, 2.24) is 4.90 Å². The molecule has 4 heteroatoms. The summed E-state index contributed by atoms with van der Waals surface area (Å²) in [6.45, 7) is 5.97. The number of nitrogens with zero attached hydrogens (tertiary/aromatic N) is 2. The van der Waals surface area contributed by atoms with Gasteiger partial charge in [-0.05, 0) is 70.3 Å². The summed E-state index contributed by atoms with van der Waals surface area (Å²) >= 11 is 7.39. The monoisotopic (exact) mass is 372 g/mol. The summed E-state index contributed by atoms with van der Waals surface area (Å²) in [4.78, 5) is 5.21. The number of hydrogen-bond acceptors (Lipinski definition) is 2. The van der Waals surface area contributed by atoms with Crippen LogP contribution >= 0.6 is 31.9 Å². The minimum absolute atomic E-state index is 0.578. The average molecular weight is 374 g/mol. The highest BCUT2D eigenvalue weighted by atomic mass is 79.9. The topological polar surface area (TPSA) is 6.48 Å². The van der Waals surface area contributed by atoms with E-state index in [9.17, 15) is 0 Å². The molecule has 18 heavy (non-hydrogen) atoms. The lowest BCUT2D eigenvalue weighted by atomic mass is 10.1. The fraction of sp³-hybridized carbons (Fsp3) is 0.571. The van der Waals surface area contributed by atoms with Crippen molar-refractivity contribution < 1.29 is 0 Å². The highest BCUT2D eigenvalue weighted by Crippen LogP contribution is 2.38. The van der Waals surface area contributed by atoms with Crippen molar-refractivity contribution in [2.45, 2.75) is 31.8 Å². The summed E-state index contributed by atoms with van der Waals surface area (Å²) in [5, 5.41) is 0. The minimum atomic E-state index is 0.578. The van der Waals surface area contributed by atoms with Gasteiger partial charge in [0.05, 0.1) is 5.69 Å². The molecule has 0 spiro atoms. The lowest BCUT2D eigenvalue weighted by molar-refractivity contribution is 0.202. The van der Waals surface area contributed by atoms with E-state index in [1.807, 2.05) is 0 Å². The molecule has 2 heterocycles. The maximum absolute atomic E-state index is 3.70. The summed E-state index contributed by atoms with van der Waals surface area (Å²) in [5.74, 6) is 0. The number of anilines is 1. The zero-order chi connectivity index (χ0) is 12.7. The van der Waals surface area contributed by atoms with Crippen LogP contribution in [0.1, 0.15) is 19.8 Å². The average Bonchev–Trinajstić information content (AvgIpc) is 2.76. The molecule has 0 bridgehead atoms. The molecule has 0 radical (unpaired) electrons. The Hall–Kier alpha value is -0.0600. The number of fused-ring (bicyclic) bond motifs is 1. The number of halogens is 2. The second-order valence-electron chi connectivity index (χ2n) is 5.36. The van der Waals surface area contributed by atoms with Gasteiger partial charge in [-0.3, -0.25) is 4.90 Å². The molecule has 2 nitrogen and oxygen atoms in total. The third-order valence-electron chi connectivity index (χ3n) is 4.16. The van der Waals surface area contributed by atoms with Crippen LogP contribution in [-0.4, -0.2) is 36.6 Å². The van der Waals surface area contributed by atoms with Gasteiger partial charge >= 0.3 is 0 Å². The molecule has 0 amide bonds. The first-order chi connectivity index (χ1) is 8.66. The first kappa shape index (κ1) is 12.9. The van der Waals surface area contributed by atoms with Gasteiger partial charge in [-0.1, -0.05) is 6.07 Å². The number of piperazine rings is 1. The summed E-state index contributed by atoms with van der Waals surface area (Å²) in [7, 11) is 0. The third-order valence-corrected chi connectivity index (χ3v) is 5.44. The Kier molecular flexibility index (Phi) is 3.70. The van der Waals surface area contributed by atoms with Gasteiger partial charge in [0.2, 0.25) is 0 Å². The predicted octanol–water partition coefficient (Wildman–Crippen LogP) is 3.88. The zero-order valence-corrected chi connectivity index (χ0v) is 13.7. The fourth-order valence-electron chi connectivity index (χ4n) is 3.26. The SMILES string of the molecule is CC1CN2CCCC2CN1c1c(Br)cccc1Br. The van der Waals surface area contributed by atoms with Gasteiger partial charge in [0, 0.05) is 34.1 Å². The maximum Gasteiger partial charge on any atom is 0.0658 e. The molecule has 1 aromatic carbocycles. The van der Waals surface area contributed by atoms with Gasteiger partial charge in [0.1, 0.15) is 0 Å². The molecule has 3 rings (SSSR count). The third kappa shape index (κ3) is 2.23. The molecule has 2 aliphatic heterocycles. The Labute approximate surface area is 126 Å². The maximum atomic E-state index is 3.70. The Morgan fingerprint density at radius 3 is 2.61 bits per heavy atom. The molecule has 0 N–H and O–H groups in total. The summed E-state index contributed by atoms with van der Waals surface area (Å²) in [6.07, 6.45) is 2.72. The first-order valence-electron chi connectivity index (χ1n) is 6.61. The van der Waals surface area contributed by atoms with Crippen molar-refractivity contribution >= 4 is 37.5 Å². The van der Waals surface area contributed by atoms with Crippen LogP contribution in [0.4, 0.5) is 5.69 Å². The molecule has 2 unspecified atom stereocenters. The molecular weight excluding hydrogens is 356 g/mol. The van der Waals surface area contributed by atoms with Crippen LogP contribution in [0.3, 0.4) is 0 Å². The van der Waals surface area contributed by atoms with Crippen LogP contribution in [-0.2, 0) is 0 Å².